The van der Waals surface area contributed by atoms with Gasteiger partial charge in [0.15, 0.2) is 6.79 Å². The third-order valence-electron chi connectivity index (χ3n) is 2.63. The topological polar surface area (TPSA) is 18.5 Å². The predicted octanol–water partition coefficient (Wildman–Crippen LogP) is 5.44. The average Bonchev–Trinajstić information content (AvgIpc) is 2.45. The Morgan fingerprint density at radius 3 is 2.50 bits per heavy atom. The molecule has 0 aliphatic carbocycles. The number of ether oxygens (including phenoxy) is 2. The number of benzene rings is 2. The summed E-state index contributed by atoms with van der Waals surface area (Å²) in [6.45, 7) is 0.631. The molecular formula is C15H13BrCl2O2. The van der Waals surface area contributed by atoms with Gasteiger partial charge in [0.05, 0.1) is 11.6 Å². The van der Waals surface area contributed by atoms with E-state index < -0.39 is 0 Å². The van der Waals surface area contributed by atoms with Gasteiger partial charge >= 0.3 is 0 Å². The molecule has 0 saturated heterocycles. The Hall–Kier alpha value is -0.740. The molecule has 2 rings (SSSR count). The number of hydrogen-bond acceptors (Lipinski definition) is 2. The maximum atomic E-state index is 6.12. The van der Waals surface area contributed by atoms with Gasteiger partial charge in [-0.05, 0) is 17.7 Å². The monoisotopic (exact) mass is 374 g/mol. The molecule has 0 atom stereocenters. The molecule has 0 amide bonds. The van der Waals surface area contributed by atoms with E-state index in [1.165, 1.54) is 0 Å². The molecule has 0 unspecified atom stereocenters. The van der Waals surface area contributed by atoms with Crippen molar-refractivity contribution in [1.82, 2.24) is 0 Å². The molecule has 106 valence electrons. The summed E-state index contributed by atoms with van der Waals surface area (Å²) in [7, 11) is 0. The summed E-state index contributed by atoms with van der Waals surface area (Å²) < 4.78 is 11.1. The van der Waals surface area contributed by atoms with Gasteiger partial charge in [-0.15, -0.1) is 0 Å². The van der Waals surface area contributed by atoms with E-state index in [1.54, 1.807) is 6.07 Å². The first kappa shape index (κ1) is 15.6. The van der Waals surface area contributed by atoms with Crippen LogP contribution in [-0.2, 0) is 16.7 Å². The fourth-order valence-electron chi connectivity index (χ4n) is 1.71. The number of alkyl halides is 1. The second kappa shape index (κ2) is 7.89. The minimum Gasteiger partial charge on any atom is -0.466 e. The molecule has 0 spiro atoms. The maximum absolute atomic E-state index is 6.12. The van der Waals surface area contributed by atoms with Gasteiger partial charge in [0.2, 0.25) is 0 Å². The van der Waals surface area contributed by atoms with Crippen LogP contribution in [0.3, 0.4) is 0 Å². The molecule has 2 nitrogen and oxygen atoms in total. The molecule has 2 aromatic rings. The van der Waals surface area contributed by atoms with Crippen molar-refractivity contribution >= 4 is 39.1 Å². The van der Waals surface area contributed by atoms with Gasteiger partial charge in [0, 0.05) is 15.9 Å². The summed E-state index contributed by atoms with van der Waals surface area (Å²) in [6.07, 6.45) is 0. The minimum atomic E-state index is 0.135. The van der Waals surface area contributed by atoms with Crippen LogP contribution in [0.4, 0.5) is 0 Å². The fourth-order valence-corrected chi connectivity index (χ4v) is 2.72. The summed E-state index contributed by atoms with van der Waals surface area (Å²) in [5.41, 5.74) is 1.99. The molecule has 0 saturated carbocycles. The molecule has 0 bridgehead atoms. The smallest absolute Gasteiger partial charge is 0.189 e. The van der Waals surface area contributed by atoms with E-state index in [9.17, 15) is 0 Å². The number of hydrogen-bond donors (Lipinski definition) is 0. The normalized spacial score (nSPS) is 10.6. The van der Waals surface area contributed by atoms with E-state index in [0.29, 0.717) is 27.7 Å². The third kappa shape index (κ3) is 4.38. The fraction of sp³-hybridized carbons (Fsp3) is 0.200. The Balaban J connectivity index is 1.91. The summed E-state index contributed by atoms with van der Waals surface area (Å²) in [5.74, 6) is 0.598. The Morgan fingerprint density at radius 1 is 1.05 bits per heavy atom. The van der Waals surface area contributed by atoms with Crippen LogP contribution < -0.4 is 4.74 Å². The first-order valence-corrected chi connectivity index (χ1v) is 7.87. The van der Waals surface area contributed by atoms with Crippen molar-refractivity contribution in [1.29, 1.82) is 0 Å². The van der Waals surface area contributed by atoms with Crippen LogP contribution >= 0.6 is 39.1 Å². The van der Waals surface area contributed by atoms with Crippen LogP contribution in [0.15, 0.2) is 42.5 Å². The van der Waals surface area contributed by atoms with E-state index in [-0.39, 0.29) is 6.79 Å². The molecule has 2 aromatic carbocycles. The minimum absolute atomic E-state index is 0.135. The summed E-state index contributed by atoms with van der Waals surface area (Å²) in [6, 6.07) is 13.4. The van der Waals surface area contributed by atoms with Crippen LogP contribution in [-0.4, -0.2) is 6.79 Å². The summed E-state index contributed by atoms with van der Waals surface area (Å²) in [4.78, 5) is 0. The van der Waals surface area contributed by atoms with Gasteiger partial charge in [-0.3, -0.25) is 0 Å². The van der Waals surface area contributed by atoms with Crippen molar-refractivity contribution in [3.8, 4) is 5.75 Å². The van der Waals surface area contributed by atoms with Crippen LogP contribution in [0.25, 0.3) is 0 Å². The number of halogens is 3. The van der Waals surface area contributed by atoms with E-state index in [0.717, 1.165) is 11.1 Å². The highest BCUT2D eigenvalue weighted by atomic mass is 79.9. The van der Waals surface area contributed by atoms with Crippen LogP contribution in [0.5, 0.6) is 5.75 Å². The van der Waals surface area contributed by atoms with Gasteiger partial charge in [0.1, 0.15) is 5.75 Å². The SMILES string of the molecule is Clc1cc(Cl)c(OCOCc2ccccc2)c(CBr)c1. The maximum Gasteiger partial charge on any atom is 0.189 e. The van der Waals surface area contributed by atoms with Crippen molar-refractivity contribution in [3.63, 3.8) is 0 Å². The Bertz CT molecular complexity index is 561. The van der Waals surface area contributed by atoms with Gasteiger partial charge in [-0.1, -0.05) is 69.5 Å². The molecule has 5 heteroatoms. The molecule has 0 aliphatic rings. The predicted molar refractivity (Wildman–Crippen MR) is 85.8 cm³/mol. The van der Waals surface area contributed by atoms with E-state index in [4.69, 9.17) is 32.7 Å². The van der Waals surface area contributed by atoms with Crippen molar-refractivity contribution in [2.45, 2.75) is 11.9 Å². The molecule has 0 aromatic heterocycles. The van der Waals surface area contributed by atoms with E-state index in [1.807, 2.05) is 36.4 Å². The van der Waals surface area contributed by atoms with Gasteiger partial charge < -0.3 is 9.47 Å². The molecule has 0 N–H and O–H groups in total. The lowest BCUT2D eigenvalue weighted by atomic mass is 10.2. The Kier molecular flexibility index (Phi) is 6.17. The molecular weight excluding hydrogens is 363 g/mol. The quantitative estimate of drug-likeness (QED) is 0.380. The average molecular weight is 376 g/mol. The van der Waals surface area contributed by atoms with Crippen LogP contribution in [0.2, 0.25) is 10.0 Å². The molecule has 20 heavy (non-hydrogen) atoms. The zero-order valence-corrected chi connectivity index (χ0v) is 13.7. The second-order valence-electron chi connectivity index (χ2n) is 4.11. The Morgan fingerprint density at radius 2 is 1.80 bits per heavy atom. The first-order chi connectivity index (χ1) is 9.70. The van der Waals surface area contributed by atoms with Gasteiger partial charge in [-0.2, -0.15) is 0 Å². The summed E-state index contributed by atoms with van der Waals surface area (Å²) >= 11 is 15.5. The lowest BCUT2D eigenvalue weighted by molar-refractivity contribution is 0.00471. The van der Waals surface area contributed by atoms with Crippen molar-refractivity contribution in [2.24, 2.45) is 0 Å². The van der Waals surface area contributed by atoms with Gasteiger partial charge in [0.25, 0.3) is 0 Å². The van der Waals surface area contributed by atoms with E-state index >= 15 is 0 Å². The molecule has 0 fully saturated rings. The highest BCUT2D eigenvalue weighted by Gasteiger charge is 2.10. The lowest BCUT2D eigenvalue weighted by Crippen LogP contribution is -2.05. The largest absolute Gasteiger partial charge is 0.466 e. The van der Waals surface area contributed by atoms with Crippen LogP contribution in [0, 0.1) is 0 Å². The second-order valence-corrected chi connectivity index (χ2v) is 5.51. The molecule has 0 aliphatic heterocycles. The zero-order valence-electron chi connectivity index (χ0n) is 10.6. The highest BCUT2D eigenvalue weighted by molar-refractivity contribution is 9.08. The van der Waals surface area contributed by atoms with Gasteiger partial charge in [-0.25, -0.2) is 0 Å². The van der Waals surface area contributed by atoms with Crippen molar-refractivity contribution in [3.05, 3.63) is 63.6 Å². The van der Waals surface area contributed by atoms with Crippen molar-refractivity contribution in [2.75, 3.05) is 6.79 Å². The highest BCUT2D eigenvalue weighted by Crippen LogP contribution is 2.33. The summed E-state index contributed by atoms with van der Waals surface area (Å²) in [5, 5.41) is 1.68. The van der Waals surface area contributed by atoms with E-state index in [2.05, 4.69) is 15.9 Å². The van der Waals surface area contributed by atoms with Crippen LogP contribution in [0.1, 0.15) is 11.1 Å². The standard InChI is InChI=1S/C15H13BrCl2O2/c16-8-12-6-13(17)7-14(18)15(12)20-10-19-9-11-4-2-1-3-5-11/h1-7H,8-10H2. The molecule has 0 radical (unpaired) electrons. The zero-order chi connectivity index (χ0) is 14.4. The number of rotatable bonds is 6. The Labute approximate surface area is 136 Å². The first-order valence-electron chi connectivity index (χ1n) is 5.99. The molecule has 0 heterocycles. The van der Waals surface area contributed by atoms with Crippen molar-refractivity contribution < 1.29 is 9.47 Å². The lowest BCUT2D eigenvalue weighted by Gasteiger charge is -2.12. The third-order valence-corrected chi connectivity index (χ3v) is 3.73.